The van der Waals surface area contributed by atoms with Gasteiger partial charge >= 0.3 is 0 Å². The largest absolute Gasteiger partial charge is 0.288 e. The maximum atomic E-state index is 12.3. The van der Waals surface area contributed by atoms with Gasteiger partial charge in [-0.3, -0.25) is 29.8 Å². The molecule has 0 aliphatic carbocycles. The topological polar surface area (TPSA) is 92.3 Å². The highest BCUT2D eigenvalue weighted by atomic mass is 16.2. The maximum absolute atomic E-state index is 12.3. The molecule has 2 aliphatic heterocycles. The molecule has 2 aliphatic rings. The van der Waals surface area contributed by atoms with Crippen molar-refractivity contribution in [2.75, 3.05) is 0 Å². The molecule has 0 unspecified atom stereocenters. The average Bonchev–Trinajstić information content (AvgIpc) is 3.10. The zero-order valence-corrected chi connectivity index (χ0v) is 19.6. The van der Waals surface area contributed by atoms with Gasteiger partial charge in [0, 0.05) is 11.1 Å². The van der Waals surface area contributed by atoms with E-state index in [1.807, 2.05) is 52.0 Å². The van der Waals surface area contributed by atoms with E-state index in [2.05, 4.69) is 10.6 Å². The van der Waals surface area contributed by atoms with E-state index in [0.29, 0.717) is 28.7 Å². The Morgan fingerprint density at radius 1 is 0.515 bits per heavy atom. The van der Waals surface area contributed by atoms with E-state index in [1.165, 1.54) is 0 Å². The fourth-order valence-corrected chi connectivity index (χ4v) is 5.02. The minimum atomic E-state index is -0.350. The summed E-state index contributed by atoms with van der Waals surface area (Å²) in [6, 6.07) is 8.19. The number of nitrogens with one attached hydrogen (secondary N) is 2. The van der Waals surface area contributed by atoms with Crippen LogP contribution in [0.5, 0.6) is 0 Å². The van der Waals surface area contributed by atoms with E-state index in [-0.39, 0.29) is 23.6 Å². The first-order chi connectivity index (χ1) is 15.5. The van der Waals surface area contributed by atoms with Crippen LogP contribution in [-0.2, 0) is 25.6 Å². The van der Waals surface area contributed by atoms with Crippen molar-refractivity contribution in [3.63, 3.8) is 0 Å². The Kier molecular flexibility index (Phi) is 5.40. The quantitative estimate of drug-likeness (QED) is 0.710. The van der Waals surface area contributed by atoms with E-state index in [0.717, 1.165) is 44.5 Å². The molecule has 0 atom stereocenters. The Labute approximate surface area is 192 Å². The lowest BCUT2D eigenvalue weighted by Gasteiger charge is -2.16. The molecular weight excluding hydrogens is 416 g/mol. The predicted octanol–water partition coefficient (Wildman–Crippen LogP) is 3.37. The van der Waals surface area contributed by atoms with Crippen molar-refractivity contribution in [1.82, 2.24) is 10.6 Å². The fourth-order valence-electron chi connectivity index (χ4n) is 5.02. The molecule has 6 nitrogen and oxygen atoms in total. The molecule has 0 spiro atoms. The summed E-state index contributed by atoms with van der Waals surface area (Å²) in [6.45, 7) is 11.1. The van der Waals surface area contributed by atoms with Crippen molar-refractivity contribution in [2.24, 2.45) is 0 Å². The second-order valence-electron chi connectivity index (χ2n) is 8.95. The Hall–Kier alpha value is -3.80. The highest BCUT2D eigenvalue weighted by Crippen LogP contribution is 2.33. The fraction of sp³-hybridized carbons (Fsp3) is 0.259. The van der Waals surface area contributed by atoms with Crippen molar-refractivity contribution >= 4 is 34.8 Å². The molecule has 0 aromatic heterocycles. The monoisotopic (exact) mass is 442 g/mol. The summed E-state index contributed by atoms with van der Waals surface area (Å²) in [5.41, 5.74) is 9.35. The summed E-state index contributed by atoms with van der Waals surface area (Å²) < 4.78 is 0. The first-order valence-electron chi connectivity index (χ1n) is 10.8. The van der Waals surface area contributed by atoms with Gasteiger partial charge in [0.15, 0.2) is 0 Å². The minimum Gasteiger partial charge on any atom is -0.288 e. The number of rotatable bonds is 4. The molecule has 0 saturated heterocycles. The number of hydrogen-bond donors (Lipinski definition) is 2. The van der Waals surface area contributed by atoms with Crippen LogP contribution in [0.25, 0.3) is 11.1 Å². The number of carbonyl (C=O) groups is 4. The standard InChI is InChI=1S/C27H26N2O4/c1-12-7-18(8-13(2)20(12)22-16(5)24(30)28-26(22)32)11-19-9-14(3)21(15(4)10-19)23-17(6)25(31)29-27(23)33/h7-10H,11H2,1-6H3,(H,28,30,32)(H,29,31,33). The van der Waals surface area contributed by atoms with Gasteiger partial charge < -0.3 is 0 Å². The predicted molar refractivity (Wildman–Crippen MR) is 126 cm³/mol. The molecule has 2 heterocycles. The van der Waals surface area contributed by atoms with Gasteiger partial charge in [-0.15, -0.1) is 0 Å². The molecule has 0 saturated carbocycles. The summed E-state index contributed by atoms with van der Waals surface area (Å²) in [5, 5.41) is 4.74. The van der Waals surface area contributed by atoms with Crippen LogP contribution < -0.4 is 10.6 Å². The van der Waals surface area contributed by atoms with Crippen molar-refractivity contribution in [2.45, 2.75) is 48.0 Å². The van der Waals surface area contributed by atoms with Crippen LogP contribution >= 0.6 is 0 Å². The van der Waals surface area contributed by atoms with Gasteiger partial charge in [-0.2, -0.15) is 0 Å². The van der Waals surface area contributed by atoms with E-state index in [1.54, 1.807) is 13.8 Å². The Morgan fingerprint density at radius 2 is 0.818 bits per heavy atom. The van der Waals surface area contributed by atoms with Gasteiger partial charge in [-0.05, 0) is 92.5 Å². The molecule has 2 N–H and O–H groups in total. The maximum Gasteiger partial charge on any atom is 0.259 e. The SMILES string of the molecule is CC1=C(c2c(C)cc(Cc3cc(C)c(C4=C(C)C(=O)NC4=O)c(C)c3)cc2C)C(=O)NC1=O. The lowest BCUT2D eigenvalue weighted by molar-refractivity contribution is -0.125. The summed E-state index contributed by atoms with van der Waals surface area (Å²) in [5.74, 6) is -1.38. The number of amides is 4. The Bertz CT molecular complexity index is 1210. The van der Waals surface area contributed by atoms with Gasteiger partial charge in [0.2, 0.25) is 0 Å². The van der Waals surface area contributed by atoms with Gasteiger partial charge in [0.25, 0.3) is 23.6 Å². The number of hydrogen-bond acceptors (Lipinski definition) is 4. The molecule has 2 aromatic rings. The van der Waals surface area contributed by atoms with Gasteiger partial charge in [-0.1, -0.05) is 24.3 Å². The lowest BCUT2D eigenvalue weighted by atomic mass is 9.88. The minimum absolute atomic E-state index is 0.341. The lowest BCUT2D eigenvalue weighted by Crippen LogP contribution is -2.23. The molecule has 0 bridgehead atoms. The van der Waals surface area contributed by atoms with Crippen molar-refractivity contribution in [1.29, 1.82) is 0 Å². The number of aryl methyl sites for hydroxylation is 4. The van der Waals surface area contributed by atoms with Gasteiger partial charge in [-0.25, -0.2) is 0 Å². The third kappa shape index (κ3) is 3.71. The molecule has 33 heavy (non-hydrogen) atoms. The highest BCUT2D eigenvalue weighted by molar-refractivity contribution is 6.36. The summed E-state index contributed by atoms with van der Waals surface area (Å²) >= 11 is 0. The third-order valence-electron chi connectivity index (χ3n) is 6.43. The molecule has 6 heteroatoms. The molecule has 0 radical (unpaired) electrons. The second kappa shape index (κ2) is 7.96. The summed E-state index contributed by atoms with van der Waals surface area (Å²) in [6.07, 6.45) is 0.677. The normalized spacial score (nSPS) is 16.2. The van der Waals surface area contributed by atoms with Crippen LogP contribution in [0.2, 0.25) is 0 Å². The first-order valence-corrected chi connectivity index (χ1v) is 10.8. The Morgan fingerprint density at radius 3 is 1.06 bits per heavy atom. The molecule has 4 rings (SSSR count). The van der Waals surface area contributed by atoms with Crippen LogP contribution in [0.15, 0.2) is 35.4 Å². The van der Waals surface area contributed by atoms with Crippen LogP contribution in [0.1, 0.15) is 58.4 Å². The van der Waals surface area contributed by atoms with Crippen molar-refractivity contribution in [3.8, 4) is 0 Å². The zero-order valence-electron chi connectivity index (χ0n) is 19.6. The van der Waals surface area contributed by atoms with Crippen LogP contribution in [0, 0.1) is 27.7 Å². The highest BCUT2D eigenvalue weighted by Gasteiger charge is 2.31. The van der Waals surface area contributed by atoms with E-state index >= 15 is 0 Å². The van der Waals surface area contributed by atoms with Crippen LogP contribution in [0.4, 0.5) is 0 Å². The van der Waals surface area contributed by atoms with Crippen LogP contribution in [0.3, 0.4) is 0 Å². The van der Waals surface area contributed by atoms with Crippen LogP contribution in [-0.4, -0.2) is 23.6 Å². The smallest absolute Gasteiger partial charge is 0.259 e. The van der Waals surface area contributed by atoms with Gasteiger partial charge in [0.05, 0.1) is 11.1 Å². The molecule has 2 aromatic carbocycles. The molecule has 4 amide bonds. The van der Waals surface area contributed by atoms with Crippen molar-refractivity contribution in [3.05, 3.63) is 79.9 Å². The molecule has 168 valence electrons. The third-order valence-corrected chi connectivity index (χ3v) is 6.43. The Balaban J connectivity index is 1.70. The van der Waals surface area contributed by atoms with E-state index in [4.69, 9.17) is 0 Å². The average molecular weight is 443 g/mol. The number of carbonyl (C=O) groups excluding carboxylic acids is 4. The van der Waals surface area contributed by atoms with E-state index < -0.39 is 0 Å². The number of imide groups is 2. The first kappa shape index (κ1) is 22.4. The molecule has 0 fully saturated rings. The number of benzene rings is 2. The summed E-state index contributed by atoms with van der Waals surface area (Å²) in [4.78, 5) is 48.4. The van der Waals surface area contributed by atoms with Gasteiger partial charge in [0.1, 0.15) is 0 Å². The second-order valence-corrected chi connectivity index (χ2v) is 8.95. The van der Waals surface area contributed by atoms with Crippen molar-refractivity contribution < 1.29 is 19.2 Å². The zero-order chi connectivity index (χ0) is 24.2. The summed E-state index contributed by atoms with van der Waals surface area (Å²) in [7, 11) is 0. The van der Waals surface area contributed by atoms with E-state index in [9.17, 15) is 19.2 Å². The molecular formula is C27H26N2O4.